The van der Waals surface area contributed by atoms with E-state index in [1.54, 1.807) is 48.2 Å². The number of fused-ring (bicyclic) bond motifs is 1. The van der Waals surface area contributed by atoms with Crippen molar-refractivity contribution >= 4 is 29.3 Å². The zero-order chi connectivity index (χ0) is 23.2. The maximum absolute atomic E-state index is 13.0. The molecule has 3 aromatic carbocycles. The molecule has 0 saturated carbocycles. The molecule has 1 aliphatic rings. The average molecular weight is 446 g/mol. The largest absolute Gasteiger partial charge is 0.492 e. The molecule has 0 spiro atoms. The highest BCUT2D eigenvalue weighted by Crippen LogP contribution is 2.36. The van der Waals surface area contributed by atoms with Crippen LogP contribution in [0.2, 0.25) is 0 Å². The second-order valence-corrected chi connectivity index (χ2v) is 7.47. The molecule has 0 saturated heterocycles. The van der Waals surface area contributed by atoms with Gasteiger partial charge in [0, 0.05) is 11.8 Å². The van der Waals surface area contributed by atoms with Crippen molar-refractivity contribution < 1.29 is 23.5 Å². The number of carbonyl (C=O) groups excluding carboxylic acids is 2. The minimum Gasteiger partial charge on any atom is -0.492 e. The molecular weight excluding hydrogens is 423 g/mol. The number of anilines is 2. The van der Waals surface area contributed by atoms with Crippen molar-refractivity contribution in [2.75, 3.05) is 23.4 Å². The van der Waals surface area contributed by atoms with Crippen LogP contribution in [-0.2, 0) is 9.59 Å². The van der Waals surface area contributed by atoms with Gasteiger partial charge in [0.1, 0.15) is 23.9 Å². The number of carbonyl (C=O) groups is 2. The van der Waals surface area contributed by atoms with Crippen molar-refractivity contribution in [2.24, 2.45) is 0 Å². The molecule has 1 aliphatic heterocycles. The highest BCUT2D eigenvalue weighted by molar-refractivity contribution is 6.04. The Balaban J connectivity index is 1.45. The number of amides is 2. The van der Waals surface area contributed by atoms with E-state index >= 15 is 0 Å². The van der Waals surface area contributed by atoms with Gasteiger partial charge >= 0.3 is 0 Å². The van der Waals surface area contributed by atoms with Crippen molar-refractivity contribution in [1.29, 1.82) is 0 Å². The van der Waals surface area contributed by atoms with E-state index in [9.17, 15) is 14.0 Å². The van der Waals surface area contributed by atoms with Gasteiger partial charge in [0.2, 0.25) is 5.91 Å². The van der Waals surface area contributed by atoms with Crippen molar-refractivity contribution in [1.82, 2.24) is 0 Å². The second kappa shape index (κ2) is 9.99. The maximum atomic E-state index is 13.0. The number of para-hydroxylation sites is 1. The predicted molar refractivity (Wildman–Crippen MR) is 125 cm³/mol. The fourth-order valence-electron chi connectivity index (χ4n) is 3.42. The Morgan fingerprint density at radius 2 is 1.88 bits per heavy atom. The van der Waals surface area contributed by atoms with Crippen molar-refractivity contribution in [3.63, 3.8) is 0 Å². The summed E-state index contributed by atoms with van der Waals surface area (Å²) in [6.07, 6.45) is 2.34. The molecule has 1 heterocycles. The first-order chi connectivity index (χ1) is 16.0. The van der Waals surface area contributed by atoms with Crippen LogP contribution < -0.4 is 19.7 Å². The summed E-state index contributed by atoms with van der Waals surface area (Å²) in [6.45, 7) is 2.33. The second-order valence-electron chi connectivity index (χ2n) is 7.47. The molecule has 6 nitrogen and oxygen atoms in total. The van der Waals surface area contributed by atoms with E-state index in [-0.39, 0.29) is 17.6 Å². The summed E-state index contributed by atoms with van der Waals surface area (Å²) < 4.78 is 24.5. The zero-order valence-corrected chi connectivity index (χ0v) is 18.0. The Morgan fingerprint density at radius 1 is 1.12 bits per heavy atom. The summed E-state index contributed by atoms with van der Waals surface area (Å²) in [7, 11) is 0. The van der Waals surface area contributed by atoms with Crippen LogP contribution >= 0.6 is 0 Å². The number of nitrogens with zero attached hydrogens (tertiary/aromatic N) is 1. The molecule has 1 unspecified atom stereocenters. The van der Waals surface area contributed by atoms with Crippen LogP contribution in [-0.4, -0.2) is 31.1 Å². The highest BCUT2D eigenvalue weighted by atomic mass is 19.1. The first kappa shape index (κ1) is 22.1. The molecule has 1 N–H and O–H groups in total. The van der Waals surface area contributed by atoms with Gasteiger partial charge in [0.25, 0.3) is 5.91 Å². The zero-order valence-electron chi connectivity index (χ0n) is 18.0. The lowest BCUT2D eigenvalue weighted by Gasteiger charge is -2.33. The number of benzene rings is 3. The Kier molecular flexibility index (Phi) is 6.69. The van der Waals surface area contributed by atoms with Crippen LogP contribution in [0.4, 0.5) is 15.8 Å². The molecule has 1 atom stereocenters. The van der Waals surface area contributed by atoms with Gasteiger partial charge in [-0.15, -0.1) is 0 Å². The molecule has 33 heavy (non-hydrogen) atoms. The minimum atomic E-state index is -0.617. The summed E-state index contributed by atoms with van der Waals surface area (Å²) in [5, 5.41) is 2.78. The quantitative estimate of drug-likeness (QED) is 0.536. The predicted octanol–water partition coefficient (Wildman–Crippen LogP) is 4.67. The first-order valence-electron chi connectivity index (χ1n) is 10.5. The van der Waals surface area contributed by atoms with E-state index in [4.69, 9.17) is 9.47 Å². The van der Waals surface area contributed by atoms with Gasteiger partial charge < -0.3 is 19.7 Å². The van der Waals surface area contributed by atoms with Gasteiger partial charge in [-0.3, -0.25) is 9.59 Å². The maximum Gasteiger partial charge on any atom is 0.267 e. The van der Waals surface area contributed by atoms with E-state index in [1.807, 2.05) is 30.3 Å². The highest BCUT2D eigenvalue weighted by Gasteiger charge is 2.31. The van der Waals surface area contributed by atoms with Gasteiger partial charge in [-0.25, -0.2) is 4.39 Å². The van der Waals surface area contributed by atoms with Crippen molar-refractivity contribution in [3.05, 3.63) is 90.3 Å². The van der Waals surface area contributed by atoms with Crippen LogP contribution in [0, 0.1) is 5.82 Å². The Labute approximate surface area is 191 Å². The van der Waals surface area contributed by atoms with Crippen molar-refractivity contribution in [3.8, 4) is 11.5 Å². The number of halogens is 1. The van der Waals surface area contributed by atoms with Crippen LogP contribution in [0.3, 0.4) is 0 Å². The normalized spacial score (nSPS) is 15.2. The Morgan fingerprint density at radius 3 is 2.64 bits per heavy atom. The number of nitrogens with one attached hydrogen (secondary N) is 1. The third kappa shape index (κ3) is 5.57. The monoisotopic (exact) mass is 446 g/mol. The van der Waals surface area contributed by atoms with E-state index in [2.05, 4.69) is 5.32 Å². The van der Waals surface area contributed by atoms with E-state index < -0.39 is 6.10 Å². The van der Waals surface area contributed by atoms with Gasteiger partial charge in [-0.1, -0.05) is 30.3 Å². The lowest BCUT2D eigenvalue weighted by molar-refractivity contribution is -0.125. The molecule has 4 rings (SSSR count). The van der Waals surface area contributed by atoms with Gasteiger partial charge in [-0.2, -0.15) is 0 Å². The lowest BCUT2D eigenvalue weighted by atomic mass is 10.1. The molecule has 2 amide bonds. The average Bonchev–Trinajstić information content (AvgIpc) is 2.82. The first-order valence-corrected chi connectivity index (χ1v) is 10.5. The third-order valence-corrected chi connectivity index (χ3v) is 5.06. The van der Waals surface area contributed by atoms with Crippen LogP contribution in [0.1, 0.15) is 12.5 Å². The number of hydrogen-bond donors (Lipinski definition) is 1. The van der Waals surface area contributed by atoms with Gasteiger partial charge in [0.05, 0.1) is 12.2 Å². The van der Waals surface area contributed by atoms with E-state index in [0.29, 0.717) is 35.8 Å². The topological polar surface area (TPSA) is 67.9 Å². The van der Waals surface area contributed by atoms with Crippen molar-refractivity contribution in [2.45, 2.75) is 13.0 Å². The summed E-state index contributed by atoms with van der Waals surface area (Å²) in [5.74, 6) is 0.408. The summed E-state index contributed by atoms with van der Waals surface area (Å²) in [4.78, 5) is 26.7. The fraction of sp³-hybridized carbons (Fsp3) is 0.154. The summed E-state index contributed by atoms with van der Waals surface area (Å²) in [6, 6.07) is 20.3. The minimum absolute atomic E-state index is 0.182. The van der Waals surface area contributed by atoms with Crippen LogP contribution in [0.25, 0.3) is 6.08 Å². The number of ether oxygens (including phenoxy) is 2. The Bertz CT molecular complexity index is 1160. The van der Waals surface area contributed by atoms with Gasteiger partial charge in [-0.05, 0) is 61.0 Å². The lowest BCUT2D eigenvalue weighted by Crippen LogP contribution is -2.46. The summed E-state index contributed by atoms with van der Waals surface area (Å²) in [5.41, 5.74) is 1.78. The molecular formula is C26H23FN2O4. The SMILES string of the molecule is CC1Oc2ccc(NC(=O)/C=C/c3ccc(F)cc3)cc2N(CCOc2ccccc2)C1=O. The molecule has 0 aliphatic carbocycles. The molecule has 0 fully saturated rings. The van der Waals surface area contributed by atoms with E-state index in [1.165, 1.54) is 18.2 Å². The number of rotatable bonds is 7. The molecule has 168 valence electrons. The summed E-state index contributed by atoms with van der Waals surface area (Å²) >= 11 is 0. The molecule has 0 radical (unpaired) electrons. The molecule has 0 bridgehead atoms. The fourth-order valence-corrected chi connectivity index (χ4v) is 3.42. The molecule has 3 aromatic rings. The van der Waals surface area contributed by atoms with E-state index in [0.717, 1.165) is 5.75 Å². The van der Waals surface area contributed by atoms with Gasteiger partial charge in [0.15, 0.2) is 6.10 Å². The standard InChI is InChI=1S/C26H23FN2O4/c1-18-26(31)29(15-16-32-22-5-3-2-4-6-22)23-17-21(12-13-24(23)33-18)28-25(30)14-9-19-7-10-20(27)11-8-19/h2-14,17-18H,15-16H2,1H3,(H,28,30)/b14-9+. The molecule has 0 aromatic heterocycles. The van der Waals surface area contributed by atoms with Crippen LogP contribution in [0.5, 0.6) is 11.5 Å². The third-order valence-electron chi connectivity index (χ3n) is 5.06. The van der Waals surface area contributed by atoms with Crippen LogP contribution in [0.15, 0.2) is 78.9 Å². The molecule has 7 heteroatoms. The smallest absolute Gasteiger partial charge is 0.267 e. The number of hydrogen-bond acceptors (Lipinski definition) is 4. The Hall–Kier alpha value is -4.13.